The summed E-state index contributed by atoms with van der Waals surface area (Å²) in [5.41, 5.74) is 2.89. The summed E-state index contributed by atoms with van der Waals surface area (Å²) in [7, 11) is 0. The summed E-state index contributed by atoms with van der Waals surface area (Å²) in [6.07, 6.45) is -2.07. The largest absolute Gasteiger partial charge is 0.489 e. The second kappa shape index (κ2) is 9.43. The average molecular weight is 426 g/mol. The van der Waals surface area contributed by atoms with Gasteiger partial charge in [-0.2, -0.15) is 13.2 Å². The van der Waals surface area contributed by atoms with E-state index in [2.05, 4.69) is 5.32 Å². The number of benzene rings is 3. The molecule has 1 fully saturated rings. The van der Waals surface area contributed by atoms with Crippen LogP contribution in [0.25, 0.3) is 0 Å². The predicted octanol–water partition coefficient (Wildman–Crippen LogP) is 6.29. The molecule has 6 heteroatoms. The first-order valence-corrected chi connectivity index (χ1v) is 10.4. The average Bonchev–Trinajstić information content (AvgIpc) is 3.58. The minimum atomic E-state index is -4.46. The van der Waals surface area contributed by atoms with Crippen molar-refractivity contribution in [3.8, 4) is 5.75 Å². The quantitative estimate of drug-likeness (QED) is 0.395. The van der Waals surface area contributed by atoms with Crippen molar-refractivity contribution < 1.29 is 17.9 Å². The van der Waals surface area contributed by atoms with Gasteiger partial charge in [-0.05, 0) is 66.3 Å². The Labute approximate surface area is 180 Å². The number of ether oxygens (including phenoxy) is 1. The summed E-state index contributed by atoms with van der Waals surface area (Å²) in [5.74, 6) is 1.40. The van der Waals surface area contributed by atoms with Gasteiger partial charge in [0.15, 0.2) is 0 Å². The number of alkyl halides is 3. The fourth-order valence-electron chi connectivity index (χ4n) is 3.49. The molecule has 1 aliphatic rings. The van der Waals surface area contributed by atoms with E-state index in [1.807, 2.05) is 60.7 Å². The van der Waals surface area contributed by atoms with Gasteiger partial charge < -0.3 is 10.1 Å². The maximum atomic E-state index is 12.8. The summed E-state index contributed by atoms with van der Waals surface area (Å²) in [6.45, 7) is 1.32. The van der Waals surface area contributed by atoms with Crippen LogP contribution < -0.4 is 15.4 Å². The molecule has 0 radical (unpaired) electrons. The zero-order valence-corrected chi connectivity index (χ0v) is 17.0. The Hall–Kier alpha value is -2.99. The number of halogens is 3. The molecule has 0 aliphatic heterocycles. The van der Waals surface area contributed by atoms with E-state index in [1.165, 1.54) is 18.9 Å². The summed E-state index contributed by atoms with van der Waals surface area (Å²) >= 11 is 0. The molecule has 2 N–H and O–H groups in total. The smallest absolute Gasteiger partial charge is 0.482 e. The van der Waals surface area contributed by atoms with E-state index in [0.717, 1.165) is 29.0 Å². The molecule has 162 valence electrons. The molecule has 31 heavy (non-hydrogen) atoms. The predicted molar refractivity (Wildman–Crippen MR) is 116 cm³/mol. The zero-order chi connectivity index (χ0) is 21.7. The van der Waals surface area contributed by atoms with Crippen LogP contribution >= 0.6 is 0 Å². The Morgan fingerprint density at radius 1 is 0.871 bits per heavy atom. The van der Waals surface area contributed by atoms with Gasteiger partial charge in [0, 0.05) is 5.69 Å². The van der Waals surface area contributed by atoms with E-state index in [1.54, 1.807) is 17.4 Å². The lowest BCUT2D eigenvalue weighted by Gasteiger charge is -2.21. The molecule has 3 aromatic rings. The van der Waals surface area contributed by atoms with Gasteiger partial charge in [0.25, 0.3) is 0 Å². The highest BCUT2D eigenvalue weighted by Crippen LogP contribution is 2.32. The third-order valence-corrected chi connectivity index (χ3v) is 5.28. The van der Waals surface area contributed by atoms with E-state index in [4.69, 9.17) is 4.74 Å². The molecule has 1 atom stereocenters. The van der Waals surface area contributed by atoms with Crippen molar-refractivity contribution in [2.75, 3.05) is 11.9 Å². The first kappa shape index (κ1) is 21.2. The monoisotopic (exact) mass is 426 g/mol. The first-order chi connectivity index (χ1) is 15.0. The van der Waals surface area contributed by atoms with Crippen LogP contribution in [0.3, 0.4) is 0 Å². The third kappa shape index (κ3) is 6.49. The van der Waals surface area contributed by atoms with Crippen LogP contribution in [0.5, 0.6) is 5.75 Å². The molecule has 0 spiro atoms. The Balaban J connectivity index is 1.50. The molecule has 0 heterocycles. The maximum Gasteiger partial charge on any atom is 0.482 e. The van der Waals surface area contributed by atoms with Crippen molar-refractivity contribution >= 4 is 5.69 Å². The third-order valence-electron chi connectivity index (χ3n) is 5.28. The van der Waals surface area contributed by atoms with Crippen LogP contribution in [-0.4, -0.2) is 12.8 Å². The molecule has 0 saturated heterocycles. The number of rotatable bonds is 9. The van der Waals surface area contributed by atoms with Crippen LogP contribution in [0.2, 0.25) is 0 Å². The highest BCUT2D eigenvalue weighted by atomic mass is 19.4. The Kier molecular flexibility index (Phi) is 6.47. The zero-order valence-electron chi connectivity index (χ0n) is 17.0. The molecular weight excluding hydrogens is 401 g/mol. The standard InChI is InChI=1S/C25H25F3N2O/c26-25(27,28)30-22-8-4-7-21(15-22)24(29-16-18-9-10-18)20-11-13-23(14-12-20)31-17-19-5-2-1-3-6-19/h1-8,11-15,18,24,29-30H,9-10,16-17H2. The lowest BCUT2D eigenvalue weighted by molar-refractivity contribution is -0.0999. The molecule has 1 unspecified atom stereocenters. The minimum Gasteiger partial charge on any atom is -0.489 e. The van der Waals surface area contributed by atoms with Gasteiger partial charge in [-0.1, -0.05) is 54.6 Å². The van der Waals surface area contributed by atoms with Gasteiger partial charge in [-0.15, -0.1) is 0 Å². The molecule has 0 bridgehead atoms. The molecule has 3 aromatic carbocycles. The molecule has 1 aliphatic carbocycles. The lowest BCUT2D eigenvalue weighted by atomic mass is 9.98. The Morgan fingerprint density at radius 3 is 2.29 bits per heavy atom. The number of anilines is 1. The molecule has 1 saturated carbocycles. The van der Waals surface area contributed by atoms with E-state index in [9.17, 15) is 13.2 Å². The fraction of sp³-hybridized carbons (Fsp3) is 0.280. The van der Waals surface area contributed by atoms with E-state index >= 15 is 0 Å². The van der Waals surface area contributed by atoms with Gasteiger partial charge in [0.05, 0.1) is 6.04 Å². The lowest BCUT2D eigenvalue weighted by Crippen LogP contribution is -2.25. The fourth-order valence-corrected chi connectivity index (χ4v) is 3.49. The normalized spacial score (nSPS) is 14.8. The van der Waals surface area contributed by atoms with E-state index < -0.39 is 6.30 Å². The van der Waals surface area contributed by atoms with Gasteiger partial charge in [-0.3, -0.25) is 5.32 Å². The Bertz CT molecular complexity index is 970. The highest BCUT2D eigenvalue weighted by molar-refractivity contribution is 5.49. The van der Waals surface area contributed by atoms with Gasteiger partial charge in [0.2, 0.25) is 0 Å². The summed E-state index contributed by atoms with van der Waals surface area (Å²) in [4.78, 5) is 0. The van der Waals surface area contributed by atoms with Crippen LogP contribution in [0.15, 0.2) is 78.9 Å². The van der Waals surface area contributed by atoms with Gasteiger partial charge in [0.1, 0.15) is 12.4 Å². The number of nitrogens with one attached hydrogen (secondary N) is 2. The summed E-state index contributed by atoms with van der Waals surface area (Å²) in [6, 6.07) is 24.0. The molecule has 4 rings (SSSR count). The molecule has 0 amide bonds. The van der Waals surface area contributed by atoms with Crippen molar-refractivity contribution in [1.29, 1.82) is 0 Å². The van der Waals surface area contributed by atoms with Gasteiger partial charge >= 0.3 is 6.30 Å². The van der Waals surface area contributed by atoms with Crippen LogP contribution in [0.4, 0.5) is 18.9 Å². The maximum absolute atomic E-state index is 12.8. The van der Waals surface area contributed by atoms with E-state index in [0.29, 0.717) is 12.5 Å². The van der Waals surface area contributed by atoms with Gasteiger partial charge in [-0.25, -0.2) is 0 Å². The van der Waals surface area contributed by atoms with Crippen molar-refractivity contribution in [2.24, 2.45) is 5.92 Å². The first-order valence-electron chi connectivity index (χ1n) is 10.4. The molecule has 3 nitrogen and oxygen atoms in total. The second-order valence-corrected chi connectivity index (χ2v) is 7.88. The van der Waals surface area contributed by atoms with E-state index in [-0.39, 0.29) is 11.7 Å². The number of hydrogen-bond donors (Lipinski definition) is 2. The van der Waals surface area contributed by atoms with Crippen molar-refractivity contribution in [3.05, 3.63) is 95.6 Å². The summed E-state index contributed by atoms with van der Waals surface area (Å²) < 4.78 is 44.1. The molecular formula is C25H25F3N2O. The van der Waals surface area contributed by atoms with Crippen molar-refractivity contribution in [2.45, 2.75) is 31.8 Å². The topological polar surface area (TPSA) is 33.3 Å². The van der Waals surface area contributed by atoms with Crippen LogP contribution in [0.1, 0.15) is 35.6 Å². The van der Waals surface area contributed by atoms with Crippen molar-refractivity contribution in [3.63, 3.8) is 0 Å². The number of hydrogen-bond acceptors (Lipinski definition) is 3. The van der Waals surface area contributed by atoms with Crippen LogP contribution in [-0.2, 0) is 6.61 Å². The highest BCUT2D eigenvalue weighted by Gasteiger charge is 2.28. The second-order valence-electron chi connectivity index (χ2n) is 7.88. The molecule has 0 aromatic heterocycles. The SMILES string of the molecule is FC(F)(F)Nc1cccc(C(NCC2CC2)c2ccc(OCc3ccccc3)cc2)c1. The van der Waals surface area contributed by atoms with Crippen LogP contribution in [0, 0.1) is 5.92 Å². The summed E-state index contributed by atoms with van der Waals surface area (Å²) in [5, 5.41) is 5.13. The van der Waals surface area contributed by atoms with Crippen molar-refractivity contribution in [1.82, 2.24) is 5.32 Å². The Morgan fingerprint density at radius 2 is 1.61 bits per heavy atom. The minimum absolute atomic E-state index is 0.0334.